The maximum absolute atomic E-state index is 6.03. The fourth-order valence-corrected chi connectivity index (χ4v) is 2.51. The van der Waals surface area contributed by atoms with Gasteiger partial charge in [-0.25, -0.2) is 0 Å². The van der Waals surface area contributed by atoms with Gasteiger partial charge in [-0.3, -0.25) is 4.98 Å². The molecule has 1 aromatic heterocycles. The van der Waals surface area contributed by atoms with Gasteiger partial charge in [-0.1, -0.05) is 18.2 Å². The molecule has 0 aliphatic heterocycles. The number of nitrogen functional groups attached to an aromatic ring is 1. The summed E-state index contributed by atoms with van der Waals surface area (Å²) in [5.74, 6) is 0. The number of hydrogen-bond acceptors (Lipinski definition) is 3. The van der Waals surface area contributed by atoms with Crippen LogP contribution in [0, 0.1) is 6.92 Å². The number of anilines is 3. The molecule has 2 aromatic carbocycles. The Hall–Kier alpha value is -2.07. The van der Waals surface area contributed by atoms with E-state index in [0.717, 1.165) is 32.4 Å². The van der Waals surface area contributed by atoms with Gasteiger partial charge in [-0.15, -0.1) is 0 Å². The Labute approximate surface area is 126 Å². The van der Waals surface area contributed by atoms with Crippen molar-refractivity contribution in [2.24, 2.45) is 0 Å². The molecule has 0 fully saturated rings. The Balaban J connectivity index is 2.13. The van der Waals surface area contributed by atoms with E-state index in [1.54, 1.807) is 6.20 Å². The first-order valence-corrected chi connectivity index (χ1v) is 7.11. The Kier molecular flexibility index (Phi) is 3.32. The lowest BCUT2D eigenvalue weighted by atomic mass is 10.1. The third-order valence-electron chi connectivity index (χ3n) is 3.26. The largest absolute Gasteiger partial charge is 0.398 e. The maximum Gasteiger partial charge on any atom is 0.0958 e. The number of rotatable bonds is 2. The monoisotopic (exact) mass is 327 g/mol. The van der Waals surface area contributed by atoms with Gasteiger partial charge in [0.25, 0.3) is 0 Å². The van der Waals surface area contributed by atoms with E-state index in [0.29, 0.717) is 0 Å². The molecule has 0 bridgehead atoms. The SMILES string of the molecule is Cc1ccccc1Nc1ccc(N)c2cc(Br)cnc12. The van der Waals surface area contributed by atoms with E-state index in [-0.39, 0.29) is 0 Å². The average molecular weight is 328 g/mol. The summed E-state index contributed by atoms with van der Waals surface area (Å²) in [4.78, 5) is 4.48. The number of halogens is 1. The highest BCUT2D eigenvalue weighted by Gasteiger charge is 2.07. The van der Waals surface area contributed by atoms with Crippen molar-refractivity contribution in [3.63, 3.8) is 0 Å². The topological polar surface area (TPSA) is 50.9 Å². The number of nitrogens with one attached hydrogen (secondary N) is 1. The Morgan fingerprint density at radius 1 is 1.10 bits per heavy atom. The second kappa shape index (κ2) is 5.13. The molecular weight excluding hydrogens is 314 g/mol. The summed E-state index contributed by atoms with van der Waals surface area (Å²) in [5.41, 5.74) is 10.8. The molecule has 4 heteroatoms. The third-order valence-corrected chi connectivity index (χ3v) is 3.70. The van der Waals surface area contributed by atoms with Crippen LogP contribution in [-0.2, 0) is 0 Å². The summed E-state index contributed by atoms with van der Waals surface area (Å²) in [6, 6.07) is 14.0. The number of nitrogens with zero attached hydrogens (tertiary/aromatic N) is 1. The van der Waals surface area contributed by atoms with E-state index in [2.05, 4.69) is 45.3 Å². The number of fused-ring (bicyclic) bond motifs is 1. The van der Waals surface area contributed by atoms with E-state index >= 15 is 0 Å². The van der Waals surface area contributed by atoms with Gasteiger partial charge in [0.05, 0.1) is 11.2 Å². The molecule has 0 saturated carbocycles. The fraction of sp³-hybridized carbons (Fsp3) is 0.0625. The van der Waals surface area contributed by atoms with Crippen molar-refractivity contribution in [2.75, 3.05) is 11.1 Å². The molecule has 3 aromatic rings. The summed E-state index contributed by atoms with van der Waals surface area (Å²) >= 11 is 3.43. The molecule has 0 aliphatic carbocycles. The van der Waals surface area contributed by atoms with E-state index in [4.69, 9.17) is 5.73 Å². The number of nitrogens with two attached hydrogens (primary N) is 1. The predicted molar refractivity (Wildman–Crippen MR) is 88.3 cm³/mol. The van der Waals surface area contributed by atoms with Gasteiger partial charge in [0.2, 0.25) is 0 Å². The predicted octanol–water partition coefficient (Wildman–Crippen LogP) is 4.63. The number of hydrogen-bond donors (Lipinski definition) is 2. The van der Waals surface area contributed by atoms with Crippen LogP contribution in [0.15, 0.2) is 53.1 Å². The normalized spacial score (nSPS) is 10.7. The lowest BCUT2D eigenvalue weighted by molar-refractivity contribution is 1.37. The third kappa shape index (κ3) is 2.34. The summed E-state index contributed by atoms with van der Waals surface area (Å²) < 4.78 is 0.921. The zero-order valence-electron chi connectivity index (χ0n) is 11.0. The van der Waals surface area contributed by atoms with Crippen molar-refractivity contribution in [1.29, 1.82) is 0 Å². The zero-order chi connectivity index (χ0) is 14.1. The molecule has 20 heavy (non-hydrogen) atoms. The number of aromatic nitrogens is 1. The molecule has 3 rings (SSSR count). The number of aryl methyl sites for hydroxylation is 1. The summed E-state index contributed by atoms with van der Waals surface area (Å²) in [7, 11) is 0. The molecule has 3 nitrogen and oxygen atoms in total. The van der Waals surface area contributed by atoms with Crippen molar-refractivity contribution in [1.82, 2.24) is 4.98 Å². The molecule has 0 saturated heterocycles. The highest BCUT2D eigenvalue weighted by Crippen LogP contribution is 2.31. The molecule has 1 heterocycles. The van der Waals surface area contributed by atoms with Gasteiger partial charge in [-0.05, 0) is 52.7 Å². The standard InChI is InChI=1S/C16H14BrN3/c1-10-4-2-3-5-14(10)20-15-7-6-13(18)12-8-11(17)9-19-16(12)15/h2-9,20H,18H2,1H3. The maximum atomic E-state index is 6.03. The van der Waals surface area contributed by atoms with Crippen LogP contribution in [0.5, 0.6) is 0 Å². The zero-order valence-corrected chi connectivity index (χ0v) is 12.6. The van der Waals surface area contributed by atoms with Crippen molar-refractivity contribution in [3.8, 4) is 0 Å². The van der Waals surface area contributed by atoms with Crippen LogP contribution in [0.3, 0.4) is 0 Å². The molecule has 0 radical (unpaired) electrons. The van der Waals surface area contributed by atoms with Crippen LogP contribution in [0.25, 0.3) is 10.9 Å². The lowest BCUT2D eigenvalue weighted by Gasteiger charge is -2.12. The van der Waals surface area contributed by atoms with Crippen LogP contribution in [0.2, 0.25) is 0 Å². The average Bonchev–Trinajstić information content (AvgIpc) is 2.44. The molecule has 0 unspecified atom stereocenters. The van der Waals surface area contributed by atoms with Gasteiger partial charge in [0.1, 0.15) is 0 Å². The molecule has 0 aliphatic rings. The quantitative estimate of drug-likeness (QED) is 0.674. The van der Waals surface area contributed by atoms with E-state index in [9.17, 15) is 0 Å². The van der Waals surface area contributed by atoms with Crippen LogP contribution >= 0.6 is 15.9 Å². The van der Waals surface area contributed by atoms with E-state index in [1.165, 1.54) is 5.56 Å². The van der Waals surface area contributed by atoms with Gasteiger partial charge in [0.15, 0.2) is 0 Å². The smallest absolute Gasteiger partial charge is 0.0958 e. The van der Waals surface area contributed by atoms with Gasteiger partial charge >= 0.3 is 0 Å². The Morgan fingerprint density at radius 3 is 2.70 bits per heavy atom. The van der Waals surface area contributed by atoms with Crippen molar-refractivity contribution >= 4 is 43.9 Å². The number of pyridine rings is 1. The van der Waals surface area contributed by atoms with Crippen molar-refractivity contribution < 1.29 is 0 Å². The highest BCUT2D eigenvalue weighted by atomic mass is 79.9. The van der Waals surface area contributed by atoms with Gasteiger partial charge in [0, 0.05) is 27.4 Å². The minimum Gasteiger partial charge on any atom is -0.398 e. The second-order valence-electron chi connectivity index (χ2n) is 4.69. The van der Waals surface area contributed by atoms with Crippen LogP contribution in [0.4, 0.5) is 17.1 Å². The number of benzene rings is 2. The molecule has 0 amide bonds. The molecular formula is C16H14BrN3. The second-order valence-corrected chi connectivity index (χ2v) is 5.61. The first-order valence-electron chi connectivity index (χ1n) is 6.31. The minimum atomic E-state index is 0.726. The summed E-state index contributed by atoms with van der Waals surface area (Å²) in [6.45, 7) is 2.08. The Morgan fingerprint density at radius 2 is 1.90 bits per heavy atom. The van der Waals surface area contributed by atoms with E-state index < -0.39 is 0 Å². The van der Waals surface area contributed by atoms with Crippen LogP contribution in [0.1, 0.15) is 5.56 Å². The Bertz CT molecular complexity index is 784. The van der Waals surface area contributed by atoms with Crippen molar-refractivity contribution in [2.45, 2.75) is 6.92 Å². The molecule has 100 valence electrons. The summed E-state index contributed by atoms with van der Waals surface area (Å²) in [5, 5.41) is 4.37. The first kappa shape index (κ1) is 12.9. The highest BCUT2D eigenvalue weighted by molar-refractivity contribution is 9.10. The number of para-hydroxylation sites is 1. The van der Waals surface area contributed by atoms with Gasteiger partial charge in [-0.2, -0.15) is 0 Å². The minimum absolute atomic E-state index is 0.726. The first-order chi connectivity index (χ1) is 9.65. The molecule has 3 N–H and O–H groups in total. The molecule has 0 spiro atoms. The summed E-state index contributed by atoms with van der Waals surface area (Å²) in [6.07, 6.45) is 1.78. The lowest BCUT2D eigenvalue weighted by Crippen LogP contribution is -1.97. The van der Waals surface area contributed by atoms with Gasteiger partial charge < -0.3 is 11.1 Å². The van der Waals surface area contributed by atoms with Crippen LogP contribution in [-0.4, -0.2) is 4.98 Å². The van der Waals surface area contributed by atoms with Crippen molar-refractivity contribution in [3.05, 3.63) is 58.7 Å². The fourth-order valence-electron chi connectivity index (χ4n) is 2.17. The molecule has 0 atom stereocenters. The van der Waals surface area contributed by atoms with Crippen LogP contribution < -0.4 is 11.1 Å². The van der Waals surface area contributed by atoms with E-state index in [1.807, 2.05) is 30.3 Å².